The molecule has 1 saturated heterocycles. The quantitative estimate of drug-likeness (QED) is 0.348. The molecular weight excluding hydrogens is 421 g/mol. The molecule has 1 aliphatic rings. The molecular formula is C28H28BN3O2. The third-order valence-corrected chi connectivity index (χ3v) is 6.65. The maximum atomic E-state index is 6.27. The summed E-state index contributed by atoms with van der Waals surface area (Å²) >= 11 is 0. The lowest BCUT2D eigenvalue weighted by Gasteiger charge is -2.32. The maximum absolute atomic E-state index is 6.27. The standard InChI is InChI=1S/C28H28BN3O2/c1-27(2)28(3,4)34-29(33-27)19-22-17-11-12-18-23(22)26-31-24(20-13-7-5-8-14-20)30-25(32-26)21-15-9-6-10-16-21/h5-18H,19H2,1-4H3. The summed E-state index contributed by atoms with van der Waals surface area (Å²) in [7, 11) is -0.338. The molecule has 2 heterocycles. The van der Waals surface area contributed by atoms with Gasteiger partial charge in [-0.1, -0.05) is 84.9 Å². The van der Waals surface area contributed by atoms with Gasteiger partial charge >= 0.3 is 7.12 Å². The number of benzene rings is 3. The molecule has 0 spiro atoms. The molecule has 0 saturated carbocycles. The smallest absolute Gasteiger partial charge is 0.403 e. The van der Waals surface area contributed by atoms with Crippen LogP contribution in [0.4, 0.5) is 0 Å². The lowest BCUT2D eigenvalue weighted by Crippen LogP contribution is -2.41. The largest absolute Gasteiger partial charge is 0.462 e. The van der Waals surface area contributed by atoms with Gasteiger partial charge in [-0.2, -0.15) is 0 Å². The molecule has 0 aliphatic carbocycles. The molecule has 0 amide bonds. The van der Waals surface area contributed by atoms with Gasteiger partial charge in [-0.15, -0.1) is 0 Å². The molecule has 0 radical (unpaired) electrons. The van der Waals surface area contributed by atoms with Crippen LogP contribution in [0.15, 0.2) is 84.9 Å². The normalized spacial score (nSPS) is 16.5. The number of hydrogen-bond acceptors (Lipinski definition) is 5. The minimum atomic E-state index is -0.374. The molecule has 0 unspecified atom stereocenters. The molecule has 170 valence electrons. The number of nitrogens with zero attached hydrogens (tertiary/aromatic N) is 3. The summed E-state index contributed by atoms with van der Waals surface area (Å²) in [5.74, 6) is 1.93. The third-order valence-electron chi connectivity index (χ3n) is 6.65. The van der Waals surface area contributed by atoms with E-state index < -0.39 is 0 Å². The Morgan fingerprint density at radius 2 is 1.03 bits per heavy atom. The zero-order valence-corrected chi connectivity index (χ0v) is 20.0. The highest BCUT2D eigenvalue weighted by Gasteiger charge is 2.50. The lowest BCUT2D eigenvalue weighted by atomic mass is 9.79. The monoisotopic (exact) mass is 449 g/mol. The summed E-state index contributed by atoms with van der Waals surface area (Å²) in [6.45, 7) is 8.29. The van der Waals surface area contributed by atoms with E-state index in [0.29, 0.717) is 23.8 Å². The molecule has 1 aromatic heterocycles. The van der Waals surface area contributed by atoms with Crippen LogP contribution in [0, 0.1) is 0 Å². The van der Waals surface area contributed by atoms with E-state index in [9.17, 15) is 0 Å². The molecule has 5 nitrogen and oxygen atoms in total. The molecule has 1 aliphatic heterocycles. The fraction of sp³-hybridized carbons (Fsp3) is 0.250. The molecule has 34 heavy (non-hydrogen) atoms. The zero-order chi connectivity index (χ0) is 23.8. The van der Waals surface area contributed by atoms with E-state index in [1.165, 1.54) is 0 Å². The minimum absolute atomic E-state index is 0.338. The van der Waals surface area contributed by atoms with E-state index >= 15 is 0 Å². The van der Waals surface area contributed by atoms with Crippen molar-refractivity contribution >= 4 is 7.12 Å². The summed E-state index contributed by atoms with van der Waals surface area (Å²) in [6, 6.07) is 28.2. The van der Waals surface area contributed by atoms with Gasteiger partial charge in [-0.25, -0.2) is 15.0 Å². The highest BCUT2D eigenvalue weighted by Crippen LogP contribution is 2.38. The van der Waals surface area contributed by atoms with E-state index in [1.807, 2.05) is 72.8 Å². The molecule has 0 bridgehead atoms. The average molecular weight is 449 g/mol. The van der Waals surface area contributed by atoms with Crippen molar-refractivity contribution in [3.05, 3.63) is 90.5 Å². The van der Waals surface area contributed by atoms with Gasteiger partial charge in [-0.3, -0.25) is 0 Å². The molecule has 1 fully saturated rings. The van der Waals surface area contributed by atoms with E-state index in [4.69, 9.17) is 24.3 Å². The second-order valence-corrected chi connectivity index (χ2v) is 9.59. The molecule has 6 heteroatoms. The van der Waals surface area contributed by atoms with Crippen LogP contribution in [0.25, 0.3) is 34.2 Å². The Morgan fingerprint density at radius 3 is 1.56 bits per heavy atom. The summed E-state index contributed by atoms with van der Waals surface area (Å²) in [5, 5.41) is 0. The fourth-order valence-corrected chi connectivity index (χ4v) is 4.07. The van der Waals surface area contributed by atoms with Crippen LogP contribution in [0.2, 0.25) is 0 Å². The topological polar surface area (TPSA) is 57.1 Å². The van der Waals surface area contributed by atoms with Gasteiger partial charge < -0.3 is 9.31 Å². The summed E-state index contributed by atoms with van der Waals surface area (Å²) < 4.78 is 12.5. The highest BCUT2D eigenvalue weighted by molar-refractivity contribution is 6.45. The second-order valence-electron chi connectivity index (χ2n) is 9.59. The van der Waals surface area contributed by atoms with Gasteiger partial charge in [0.05, 0.1) is 11.2 Å². The van der Waals surface area contributed by atoms with Crippen molar-refractivity contribution in [3.63, 3.8) is 0 Å². The van der Waals surface area contributed by atoms with Crippen molar-refractivity contribution in [3.8, 4) is 34.2 Å². The Labute approximate surface area is 201 Å². The summed E-state index contributed by atoms with van der Waals surface area (Å²) in [6.07, 6.45) is 0.607. The molecule has 0 atom stereocenters. The lowest BCUT2D eigenvalue weighted by molar-refractivity contribution is 0.00578. The zero-order valence-electron chi connectivity index (χ0n) is 20.0. The van der Waals surface area contributed by atoms with Gasteiger partial charge in [0.25, 0.3) is 0 Å². The minimum Gasteiger partial charge on any atom is -0.403 e. The Balaban J connectivity index is 1.58. The van der Waals surface area contributed by atoms with E-state index in [2.05, 4.69) is 39.8 Å². The highest BCUT2D eigenvalue weighted by atomic mass is 16.7. The van der Waals surface area contributed by atoms with Crippen LogP contribution in [0.1, 0.15) is 33.3 Å². The maximum Gasteiger partial charge on any atom is 0.462 e. The van der Waals surface area contributed by atoms with Crippen LogP contribution in [-0.2, 0) is 15.6 Å². The van der Waals surface area contributed by atoms with Gasteiger partial charge in [0.1, 0.15) is 0 Å². The van der Waals surface area contributed by atoms with Crippen molar-refractivity contribution in [1.82, 2.24) is 15.0 Å². The predicted octanol–water partition coefficient (Wildman–Crippen LogP) is 6.05. The first kappa shape index (κ1) is 22.4. The summed E-state index contributed by atoms with van der Waals surface area (Å²) in [4.78, 5) is 14.6. The van der Waals surface area contributed by atoms with Crippen molar-refractivity contribution in [2.24, 2.45) is 0 Å². The molecule has 5 rings (SSSR count). The van der Waals surface area contributed by atoms with E-state index in [-0.39, 0.29) is 18.3 Å². The number of hydrogen-bond donors (Lipinski definition) is 0. The Morgan fingerprint density at radius 1 is 0.588 bits per heavy atom. The third kappa shape index (κ3) is 4.39. The Kier molecular flexibility index (Phi) is 5.80. The SMILES string of the molecule is CC1(C)OB(Cc2ccccc2-c2nc(-c3ccccc3)nc(-c3ccccc3)n2)OC1(C)C. The van der Waals surface area contributed by atoms with Crippen molar-refractivity contribution < 1.29 is 9.31 Å². The fourth-order valence-electron chi connectivity index (χ4n) is 4.07. The predicted molar refractivity (Wildman–Crippen MR) is 136 cm³/mol. The van der Waals surface area contributed by atoms with Crippen LogP contribution >= 0.6 is 0 Å². The first-order valence-electron chi connectivity index (χ1n) is 11.6. The van der Waals surface area contributed by atoms with Gasteiger partial charge in [0, 0.05) is 23.0 Å². The number of aromatic nitrogens is 3. The number of rotatable bonds is 5. The van der Waals surface area contributed by atoms with Crippen LogP contribution in [-0.4, -0.2) is 33.3 Å². The second kappa shape index (κ2) is 8.78. The first-order valence-corrected chi connectivity index (χ1v) is 11.6. The van der Waals surface area contributed by atoms with Crippen molar-refractivity contribution in [2.45, 2.75) is 45.2 Å². The summed E-state index contributed by atoms with van der Waals surface area (Å²) in [5.41, 5.74) is 3.18. The molecule has 4 aromatic rings. The molecule has 3 aromatic carbocycles. The van der Waals surface area contributed by atoms with Crippen molar-refractivity contribution in [2.75, 3.05) is 0 Å². The Bertz CT molecular complexity index is 1220. The molecule has 0 N–H and O–H groups in total. The van der Waals surface area contributed by atoms with Gasteiger partial charge in [0.2, 0.25) is 0 Å². The first-order chi connectivity index (χ1) is 16.3. The van der Waals surface area contributed by atoms with Crippen molar-refractivity contribution in [1.29, 1.82) is 0 Å². The Hall–Kier alpha value is -3.35. The van der Waals surface area contributed by atoms with Crippen LogP contribution < -0.4 is 0 Å². The van der Waals surface area contributed by atoms with E-state index in [0.717, 1.165) is 22.3 Å². The van der Waals surface area contributed by atoms with Crippen LogP contribution in [0.5, 0.6) is 0 Å². The average Bonchev–Trinajstić information content (AvgIpc) is 3.05. The van der Waals surface area contributed by atoms with Gasteiger partial charge in [-0.05, 0) is 33.3 Å². The van der Waals surface area contributed by atoms with Crippen LogP contribution in [0.3, 0.4) is 0 Å². The van der Waals surface area contributed by atoms with Gasteiger partial charge in [0.15, 0.2) is 17.5 Å². The van der Waals surface area contributed by atoms with E-state index in [1.54, 1.807) is 0 Å².